The molecule has 0 fully saturated rings. The van der Waals surface area contributed by atoms with Crippen molar-refractivity contribution in [3.05, 3.63) is 28.2 Å². The summed E-state index contributed by atoms with van der Waals surface area (Å²) >= 11 is 3.38. The number of nitrogens with one attached hydrogen (secondary N) is 1. The topological polar surface area (TPSA) is 69.6 Å². The zero-order valence-corrected chi connectivity index (χ0v) is 13.9. The van der Waals surface area contributed by atoms with Crippen molar-refractivity contribution in [2.75, 3.05) is 5.32 Å². The van der Waals surface area contributed by atoms with Gasteiger partial charge in [-0.3, -0.25) is 9.69 Å². The van der Waals surface area contributed by atoms with E-state index in [4.69, 9.17) is 0 Å². The molecule has 1 aromatic rings. The lowest BCUT2D eigenvalue weighted by molar-refractivity contribution is -0.122. The number of halogens is 1. The van der Waals surface area contributed by atoms with Crippen LogP contribution in [0.15, 0.2) is 22.7 Å². The third-order valence-electron chi connectivity index (χ3n) is 3.56. The lowest BCUT2D eigenvalue weighted by atomic mass is 9.99. The van der Waals surface area contributed by atoms with Gasteiger partial charge in [-0.1, -0.05) is 22.0 Å². The maximum absolute atomic E-state index is 12.4. The molecule has 0 saturated carbocycles. The number of carboxylic acid groups (broad SMARTS) is 1. The molecule has 2 amide bonds. The Hall–Kier alpha value is -1.56. The molecule has 0 bridgehead atoms. The van der Waals surface area contributed by atoms with Gasteiger partial charge in [0.25, 0.3) is 0 Å². The summed E-state index contributed by atoms with van der Waals surface area (Å²) < 4.78 is 0.880. The van der Waals surface area contributed by atoms with Crippen LogP contribution in [0.25, 0.3) is 0 Å². The Morgan fingerprint density at radius 2 is 2.10 bits per heavy atom. The predicted octanol–water partition coefficient (Wildman–Crippen LogP) is 3.48. The van der Waals surface area contributed by atoms with Gasteiger partial charge in [-0.05, 0) is 51.3 Å². The molecule has 1 atom stereocenters. The monoisotopic (exact) mass is 354 g/mol. The molecule has 0 saturated heterocycles. The molecule has 1 heterocycles. The quantitative estimate of drug-likeness (QED) is 0.810. The number of amides is 2. The maximum atomic E-state index is 12.4. The molecule has 0 aliphatic carbocycles. The van der Waals surface area contributed by atoms with Crippen LogP contribution in [-0.2, 0) is 11.2 Å². The average Bonchev–Trinajstić information content (AvgIpc) is 2.47. The largest absolute Gasteiger partial charge is 0.465 e. The molecule has 6 heteroatoms. The Morgan fingerprint density at radius 3 is 2.67 bits per heavy atom. The lowest BCUT2D eigenvalue weighted by Gasteiger charge is -2.38. The van der Waals surface area contributed by atoms with Crippen LogP contribution >= 0.6 is 15.9 Å². The van der Waals surface area contributed by atoms with Gasteiger partial charge in [-0.25, -0.2) is 4.79 Å². The molecule has 21 heavy (non-hydrogen) atoms. The summed E-state index contributed by atoms with van der Waals surface area (Å²) in [6.07, 6.45) is 0.0606. The van der Waals surface area contributed by atoms with Crippen LogP contribution < -0.4 is 5.32 Å². The molecular weight excluding hydrogens is 336 g/mol. The van der Waals surface area contributed by atoms with Crippen molar-refractivity contribution in [1.29, 1.82) is 0 Å². The predicted molar refractivity (Wildman–Crippen MR) is 84.5 cm³/mol. The Balaban J connectivity index is 2.33. The van der Waals surface area contributed by atoms with E-state index in [1.54, 1.807) is 20.8 Å². The van der Waals surface area contributed by atoms with Crippen molar-refractivity contribution in [3.63, 3.8) is 0 Å². The summed E-state index contributed by atoms with van der Waals surface area (Å²) in [5.41, 5.74) is 1.13. The molecule has 1 aliphatic rings. The SMILES string of the molecule is CC(C)(C)N(C(=O)O)C1CCc2ccc(Br)cc2NC1=O. The van der Waals surface area contributed by atoms with Gasteiger partial charge in [-0.15, -0.1) is 0 Å². The third-order valence-corrected chi connectivity index (χ3v) is 4.05. The fourth-order valence-electron chi connectivity index (χ4n) is 2.66. The van der Waals surface area contributed by atoms with Gasteiger partial charge >= 0.3 is 6.09 Å². The number of carbonyl (C=O) groups excluding carboxylic acids is 1. The van der Waals surface area contributed by atoms with Gasteiger partial charge in [0.05, 0.1) is 0 Å². The van der Waals surface area contributed by atoms with Crippen molar-refractivity contribution in [2.24, 2.45) is 0 Å². The number of aryl methyl sites for hydroxylation is 1. The standard InChI is InChI=1S/C15H19BrN2O3/c1-15(2,3)18(14(20)21)12-7-5-9-4-6-10(16)8-11(9)17-13(12)19/h4,6,8,12H,5,7H2,1-3H3,(H,17,19)(H,20,21). The van der Waals surface area contributed by atoms with Crippen molar-refractivity contribution in [2.45, 2.75) is 45.2 Å². The highest BCUT2D eigenvalue weighted by atomic mass is 79.9. The van der Waals surface area contributed by atoms with Gasteiger partial charge in [0.2, 0.25) is 5.91 Å². The van der Waals surface area contributed by atoms with E-state index in [-0.39, 0.29) is 5.91 Å². The smallest absolute Gasteiger partial charge is 0.408 e. The minimum absolute atomic E-state index is 0.274. The molecule has 1 unspecified atom stereocenters. The van der Waals surface area contributed by atoms with Gasteiger partial charge < -0.3 is 10.4 Å². The Bertz CT molecular complexity index is 581. The first-order chi connectivity index (χ1) is 9.70. The number of hydrogen-bond donors (Lipinski definition) is 2. The number of nitrogens with zero attached hydrogens (tertiary/aromatic N) is 1. The molecule has 0 spiro atoms. The Labute approximate surface area is 132 Å². The number of fused-ring (bicyclic) bond motifs is 1. The van der Waals surface area contributed by atoms with Crippen LogP contribution in [0.4, 0.5) is 10.5 Å². The fraction of sp³-hybridized carbons (Fsp3) is 0.467. The van der Waals surface area contributed by atoms with E-state index in [2.05, 4.69) is 21.2 Å². The number of rotatable bonds is 1. The van der Waals surface area contributed by atoms with Crippen LogP contribution in [0, 0.1) is 0 Å². The number of benzene rings is 1. The van der Waals surface area contributed by atoms with Gasteiger partial charge in [-0.2, -0.15) is 0 Å². The summed E-state index contributed by atoms with van der Waals surface area (Å²) in [5.74, 6) is -0.274. The highest BCUT2D eigenvalue weighted by Gasteiger charge is 2.38. The molecule has 1 aromatic carbocycles. The first-order valence-electron chi connectivity index (χ1n) is 6.81. The van der Waals surface area contributed by atoms with Crippen molar-refractivity contribution in [3.8, 4) is 0 Å². The van der Waals surface area contributed by atoms with Crippen molar-refractivity contribution in [1.82, 2.24) is 4.90 Å². The minimum Gasteiger partial charge on any atom is -0.465 e. The lowest BCUT2D eigenvalue weighted by Crippen LogP contribution is -2.55. The second kappa shape index (κ2) is 5.67. The van der Waals surface area contributed by atoms with E-state index in [0.717, 1.165) is 15.7 Å². The highest BCUT2D eigenvalue weighted by Crippen LogP contribution is 2.29. The van der Waals surface area contributed by atoms with E-state index in [1.807, 2.05) is 18.2 Å². The summed E-state index contributed by atoms with van der Waals surface area (Å²) in [6, 6.07) is 5.03. The van der Waals surface area contributed by atoms with Crippen LogP contribution in [0.3, 0.4) is 0 Å². The summed E-state index contributed by atoms with van der Waals surface area (Å²) in [6.45, 7) is 5.38. The minimum atomic E-state index is -1.07. The normalized spacial score (nSPS) is 18.5. The molecule has 114 valence electrons. The first-order valence-corrected chi connectivity index (χ1v) is 7.61. The van der Waals surface area contributed by atoms with E-state index < -0.39 is 17.7 Å². The number of anilines is 1. The third kappa shape index (κ3) is 3.37. The summed E-state index contributed by atoms with van der Waals surface area (Å²) in [4.78, 5) is 25.3. The van der Waals surface area contributed by atoms with Gasteiger partial charge in [0.1, 0.15) is 6.04 Å². The van der Waals surface area contributed by atoms with Crippen LogP contribution in [0.2, 0.25) is 0 Å². The highest BCUT2D eigenvalue weighted by molar-refractivity contribution is 9.10. The van der Waals surface area contributed by atoms with Crippen molar-refractivity contribution < 1.29 is 14.7 Å². The second-order valence-corrected chi connectivity index (χ2v) is 7.08. The molecule has 0 radical (unpaired) electrons. The van der Waals surface area contributed by atoms with Gasteiger partial charge in [0, 0.05) is 15.7 Å². The summed E-state index contributed by atoms with van der Waals surface area (Å²) in [5, 5.41) is 12.3. The number of carbonyl (C=O) groups is 2. The van der Waals surface area contributed by atoms with E-state index >= 15 is 0 Å². The van der Waals surface area contributed by atoms with E-state index in [9.17, 15) is 14.7 Å². The molecule has 1 aliphatic heterocycles. The zero-order chi connectivity index (χ0) is 15.8. The molecule has 5 nitrogen and oxygen atoms in total. The van der Waals surface area contributed by atoms with Crippen LogP contribution in [-0.4, -0.2) is 33.6 Å². The van der Waals surface area contributed by atoms with Crippen LogP contribution in [0.1, 0.15) is 32.8 Å². The Morgan fingerprint density at radius 1 is 1.43 bits per heavy atom. The van der Waals surface area contributed by atoms with Crippen molar-refractivity contribution >= 4 is 33.6 Å². The molecular formula is C15H19BrN2O3. The maximum Gasteiger partial charge on any atom is 0.408 e. The van der Waals surface area contributed by atoms with E-state index in [0.29, 0.717) is 12.8 Å². The molecule has 2 rings (SSSR count). The second-order valence-electron chi connectivity index (χ2n) is 6.17. The Kier molecular flexibility index (Phi) is 4.27. The summed E-state index contributed by atoms with van der Waals surface area (Å²) in [7, 11) is 0. The zero-order valence-electron chi connectivity index (χ0n) is 12.3. The number of hydrogen-bond acceptors (Lipinski definition) is 2. The fourth-order valence-corrected chi connectivity index (χ4v) is 3.02. The average molecular weight is 355 g/mol. The van der Waals surface area contributed by atoms with Crippen LogP contribution in [0.5, 0.6) is 0 Å². The molecule has 2 N–H and O–H groups in total. The van der Waals surface area contributed by atoms with Gasteiger partial charge in [0.15, 0.2) is 0 Å². The molecule has 0 aromatic heterocycles. The first kappa shape index (κ1) is 15.8. The van der Waals surface area contributed by atoms with E-state index in [1.165, 1.54) is 4.90 Å².